The van der Waals surface area contributed by atoms with Crippen molar-refractivity contribution in [2.24, 2.45) is 5.92 Å². The van der Waals surface area contributed by atoms with Gasteiger partial charge in [-0.05, 0) is 49.4 Å². The Morgan fingerprint density at radius 1 is 1.38 bits per heavy atom. The molecule has 2 heterocycles. The van der Waals surface area contributed by atoms with E-state index in [-0.39, 0.29) is 5.91 Å². The highest BCUT2D eigenvalue weighted by Gasteiger charge is 2.28. The van der Waals surface area contributed by atoms with E-state index < -0.39 is 0 Å². The number of rotatable bonds is 4. The van der Waals surface area contributed by atoms with Gasteiger partial charge in [0, 0.05) is 23.8 Å². The van der Waals surface area contributed by atoms with E-state index in [2.05, 4.69) is 17.1 Å². The van der Waals surface area contributed by atoms with E-state index in [0.29, 0.717) is 17.2 Å². The van der Waals surface area contributed by atoms with E-state index in [9.17, 15) is 4.79 Å². The van der Waals surface area contributed by atoms with E-state index >= 15 is 0 Å². The summed E-state index contributed by atoms with van der Waals surface area (Å²) in [5, 5.41) is 0.752. The molecule has 1 amide bonds. The van der Waals surface area contributed by atoms with Crippen LogP contribution in [0.3, 0.4) is 0 Å². The number of pyridine rings is 1. The van der Waals surface area contributed by atoms with Crippen LogP contribution in [-0.4, -0.2) is 36.0 Å². The maximum absolute atomic E-state index is 12.8. The molecule has 1 fully saturated rings. The van der Waals surface area contributed by atoms with Crippen LogP contribution in [-0.2, 0) is 6.42 Å². The van der Waals surface area contributed by atoms with E-state index in [1.54, 1.807) is 19.4 Å². The van der Waals surface area contributed by atoms with E-state index in [0.717, 1.165) is 36.6 Å². The molecule has 1 unspecified atom stereocenters. The van der Waals surface area contributed by atoms with E-state index in [1.165, 1.54) is 5.56 Å². The van der Waals surface area contributed by atoms with Crippen molar-refractivity contribution in [3.05, 3.63) is 58.4 Å². The van der Waals surface area contributed by atoms with Crippen LogP contribution < -0.4 is 4.74 Å². The number of carbonyl (C=O) groups excluding carboxylic acids is 1. The predicted molar refractivity (Wildman–Crippen MR) is 94.7 cm³/mol. The fourth-order valence-corrected chi connectivity index (χ4v) is 3.31. The third-order valence-corrected chi connectivity index (χ3v) is 4.72. The summed E-state index contributed by atoms with van der Waals surface area (Å²) < 4.78 is 5.29. The normalized spacial score (nSPS) is 17.1. The second kappa shape index (κ2) is 7.22. The largest absolute Gasteiger partial charge is 0.494 e. The Kier molecular flexibility index (Phi) is 5.05. The number of hydrogen-bond acceptors (Lipinski definition) is 3. The molecule has 5 heteroatoms. The third-order valence-electron chi connectivity index (χ3n) is 4.47. The predicted octanol–water partition coefficient (Wildman–Crippen LogP) is 3.76. The SMILES string of the molecule is COc1cnc(C)cc1C(=O)N1CCC(Cc2ccc(Cl)cc2)C1. The van der Waals surface area contributed by atoms with Crippen molar-refractivity contribution in [1.29, 1.82) is 0 Å². The molecule has 1 saturated heterocycles. The molecule has 1 aromatic heterocycles. The van der Waals surface area contributed by atoms with Gasteiger partial charge in [-0.25, -0.2) is 0 Å². The molecule has 0 radical (unpaired) electrons. The van der Waals surface area contributed by atoms with Crippen molar-refractivity contribution in [1.82, 2.24) is 9.88 Å². The van der Waals surface area contributed by atoms with Crippen LogP contribution >= 0.6 is 11.6 Å². The van der Waals surface area contributed by atoms with Crippen molar-refractivity contribution in [2.45, 2.75) is 19.8 Å². The Morgan fingerprint density at radius 2 is 2.12 bits per heavy atom. The molecule has 0 bridgehead atoms. The van der Waals surface area contributed by atoms with Gasteiger partial charge in [0.2, 0.25) is 0 Å². The minimum absolute atomic E-state index is 0.0240. The zero-order valence-electron chi connectivity index (χ0n) is 14.0. The third kappa shape index (κ3) is 3.70. The van der Waals surface area contributed by atoms with Gasteiger partial charge in [-0.2, -0.15) is 0 Å². The number of carbonyl (C=O) groups is 1. The molecule has 1 aromatic carbocycles. The van der Waals surface area contributed by atoms with Gasteiger partial charge in [0.15, 0.2) is 0 Å². The van der Waals surface area contributed by atoms with Crippen molar-refractivity contribution < 1.29 is 9.53 Å². The molecule has 1 atom stereocenters. The summed E-state index contributed by atoms with van der Waals surface area (Å²) in [6.45, 7) is 3.43. The molecule has 1 aliphatic heterocycles. The highest BCUT2D eigenvalue weighted by molar-refractivity contribution is 6.30. The smallest absolute Gasteiger partial charge is 0.257 e. The van der Waals surface area contributed by atoms with Gasteiger partial charge in [0.1, 0.15) is 5.75 Å². The number of likely N-dealkylation sites (tertiary alicyclic amines) is 1. The van der Waals surface area contributed by atoms with Gasteiger partial charge in [-0.1, -0.05) is 23.7 Å². The molecule has 24 heavy (non-hydrogen) atoms. The molecule has 0 aliphatic carbocycles. The van der Waals surface area contributed by atoms with Crippen LogP contribution in [0.25, 0.3) is 0 Å². The molecule has 0 N–H and O–H groups in total. The lowest BCUT2D eigenvalue weighted by atomic mass is 9.99. The lowest BCUT2D eigenvalue weighted by molar-refractivity contribution is 0.0783. The van der Waals surface area contributed by atoms with Crippen LogP contribution in [0.15, 0.2) is 36.5 Å². The number of ether oxygens (including phenoxy) is 1. The maximum atomic E-state index is 12.8. The first kappa shape index (κ1) is 16.8. The Bertz CT molecular complexity index is 731. The van der Waals surface area contributed by atoms with Crippen molar-refractivity contribution >= 4 is 17.5 Å². The Balaban J connectivity index is 1.68. The first-order valence-corrected chi connectivity index (χ1v) is 8.49. The standard InChI is InChI=1S/C19H21ClN2O2/c1-13-9-17(18(24-2)11-21-13)19(23)22-8-7-15(12-22)10-14-3-5-16(20)6-4-14/h3-6,9,11,15H,7-8,10,12H2,1-2H3. The monoisotopic (exact) mass is 344 g/mol. The number of halogens is 1. The summed E-state index contributed by atoms with van der Waals surface area (Å²) in [6.07, 6.45) is 3.60. The fourth-order valence-electron chi connectivity index (χ4n) is 3.18. The van der Waals surface area contributed by atoms with E-state index in [1.807, 2.05) is 24.0 Å². The van der Waals surface area contributed by atoms with Crippen molar-refractivity contribution in [3.63, 3.8) is 0 Å². The summed E-state index contributed by atoms with van der Waals surface area (Å²) in [4.78, 5) is 18.9. The first-order chi connectivity index (χ1) is 11.6. The average Bonchev–Trinajstić information content (AvgIpc) is 3.05. The number of methoxy groups -OCH3 is 1. The number of benzene rings is 1. The molecule has 0 spiro atoms. The molecule has 1 aliphatic rings. The lowest BCUT2D eigenvalue weighted by Gasteiger charge is -2.18. The summed E-state index contributed by atoms with van der Waals surface area (Å²) >= 11 is 5.93. The van der Waals surface area contributed by atoms with Crippen LogP contribution in [0, 0.1) is 12.8 Å². The van der Waals surface area contributed by atoms with Crippen molar-refractivity contribution in [3.8, 4) is 5.75 Å². The van der Waals surface area contributed by atoms with Crippen LogP contribution in [0.1, 0.15) is 28.0 Å². The van der Waals surface area contributed by atoms with Gasteiger partial charge in [0.05, 0.1) is 18.9 Å². The number of nitrogens with zero attached hydrogens (tertiary/aromatic N) is 2. The summed E-state index contributed by atoms with van der Waals surface area (Å²) in [7, 11) is 1.57. The Morgan fingerprint density at radius 3 is 2.83 bits per heavy atom. The topological polar surface area (TPSA) is 42.4 Å². The second-order valence-electron chi connectivity index (χ2n) is 6.26. The van der Waals surface area contributed by atoms with Gasteiger partial charge in [0.25, 0.3) is 5.91 Å². The number of hydrogen-bond donors (Lipinski definition) is 0. The zero-order chi connectivity index (χ0) is 17.1. The van der Waals surface area contributed by atoms with Gasteiger partial charge >= 0.3 is 0 Å². The average molecular weight is 345 g/mol. The number of amides is 1. The number of aryl methyl sites for hydroxylation is 1. The molecule has 126 valence electrons. The zero-order valence-corrected chi connectivity index (χ0v) is 14.7. The second-order valence-corrected chi connectivity index (χ2v) is 6.70. The molecule has 4 nitrogen and oxygen atoms in total. The van der Waals surface area contributed by atoms with Crippen LogP contribution in [0.5, 0.6) is 5.75 Å². The summed E-state index contributed by atoms with van der Waals surface area (Å²) in [5.41, 5.74) is 2.67. The van der Waals surface area contributed by atoms with Gasteiger partial charge < -0.3 is 9.64 Å². The van der Waals surface area contributed by atoms with Crippen LogP contribution in [0.2, 0.25) is 5.02 Å². The van der Waals surface area contributed by atoms with Gasteiger partial charge in [-0.15, -0.1) is 0 Å². The Hall–Kier alpha value is -2.07. The molecule has 0 saturated carbocycles. The minimum Gasteiger partial charge on any atom is -0.494 e. The minimum atomic E-state index is 0.0240. The number of aromatic nitrogens is 1. The quantitative estimate of drug-likeness (QED) is 0.848. The summed E-state index contributed by atoms with van der Waals surface area (Å²) in [6, 6.07) is 9.75. The van der Waals surface area contributed by atoms with Crippen molar-refractivity contribution in [2.75, 3.05) is 20.2 Å². The fraction of sp³-hybridized carbons (Fsp3) is 0.368. The van der Waals surface area contributed by atoms with E-state index in [4.69, 9.17) is 16.3 Å². The maximum Gasteiger partial charge on any atom is 0.257 e. The highest BCUT2D eigenvalue weighted by atomic mass is 35.5. The molecule has 2 aromatic rings. The lowest BCUT2D eigenvalue weighted by Crippen LogP contribution is -2.29. The first-order valence-electron chi connectivity index (χ1n) is 8.11. The highest BCUT2D eigenvalue weighted by Crippen LogP contribution is 2.26. The van der Waals surface area contributed by atoms with Crippen LogP contribution in [0.4, 0.5) is 0 Å². The van der Waals surface area contributed by atoms with Gasteiger partial charge in [-0.3, -0.25) is 9.78 Å². The molecular formula is C19H21ClN2O2. The molecule has 3 rings (SSSR count). The summed E-state index contributed by atoms with van der Waals surface area (Å²) in [5.74, 6) is 1.03. The Labute approximate surface area is 147 Å². The molecular weight excluding hydrogens is 324 g/mol.